The number of benzene rings is 2. The molecule has 2 aromatic carbocycles. The van der Waals surface area contributed by atoms with Gasteiger partial charge in [0.15, 0.2) is 5.17 Å². The second-order valence-electron chi connectivity index (χ2n) is 7.35. The molecular formula is C24H25N3O7S. The number of hydrogen-bond acceptors (Lipinski definition) is 9. The van der Waals surface area contributed by atoms with Crippen LogP contribution < -0.4 is 4.74 Å². The Morgan fingerprint density at radius 1 is 1.17 bits per heavy atom. The van der Waals surface area contributed by atoms with E-state index in [1.54, 1.807) is 27.0 Å². The number of hydrogen-bond donors (Lipinski definition) is 0. The summed E-state index contributed by atoms with van der Waals surface area (Å²) in [5, 5.41) is 11.7. The number of rotatable bonds is 7. The van der Waals surface area contributed by atoms with Crippen LogP contribution in [0.2, 0.25) is 0 Å². The maximum atomic E-state index is 13.2. The molecule has 0 saturated carbocycles. The fourth-order valence-electron chi connectivity index (χ4n) is 3.54. The van der Waals surface area contributed by atoms with E-state index in [2.05, 4.69) is 4.99 Å². The zero-order valence-corrected chi connectivity index (χ0v) is 20.5. The summed E-state index contributed by atoms with van der Waals surface area (Å²) in [5.41, 5.74) is 1.56. The first-order chi connectivity index (χ1) is 16.8. The highest BCUT2D eigenvalue weighted by Gasteiger charge is 2.41. The van der Waals surface area contributed by atoms with Gasteiger partial charge >= 0.3 is 12.1 Å². The second kappa shape index (κ2) is 11.5. The Morgan fingerprint density at radius 2 is 1.89 bits per heavy atom. The Bertz CT molecular complexity index is 1180. The van der Waals surface area contributed by atoms with Crippen LogP contribution in [-0.4, -0.2) is 47.9 Å². The molecule has 0 N–H and O–H groups in total. The van der Waals surface area contributed by atoms with Crippen LogP contribution >= 0.6 is 11.8 Å². The number of amides is 1. The van der Waals surface area contributed by atoms with Crippen LogP contribution in [-0.2, 0) is 20.0 Å². The van der Waals surface area contributed by atoms with Gasteiger partial charge in [-0.25, -0.2) is 19.5 Å². The Labute approximate surface area is 206 Å². The third-order valence-corrected chi connectivity index (χ3v) is 6.21. The smallest absolute Gasteiger partial charge is 0.416 e. The summed E-state index contributed by atoms with van der Waals surface area (Å²) in [6.07, 6.45) is -0.737. The van der Waals surface area contributed by atoms with Gasteiger partial charge in [-0.1, -0.05) is 36.0 Å². The summed E-state index contributed by atoms with van der Waals surface area (Å²) < 4.78 is 15.4. The van der Waals surface area contributed by atoms with E-state index >= 15 is 0 Å². The van der Waals surface area contributed by atoms with Crippen LogP contribution in [0.15, 0.2) is 64.8 Å². The lowest BCUT2D eigenvalue weighted by Gasteiger charge is -2.35. The third kappa shape index (κ3) is 5.80. The van der Waals surface area contributed by atoms with E-state index in [0.29, 0.717) is 27.9 Å². The first-order valence-corrected chi connectivity index (χ1v) is 11.6. The van der Waals surface area contributed by atoms with Gasteiger partial charge in [-0.3, -0.25) is 10.1 Å². The average molecular weight is 500 g/mol. The molecule has 11 heteroatoms. The molecule has 1 amide bonds. The number of carbonyl (C=O) groups excluding carboxylic acids is 2. The SMILES string of the molecule is CCOC(=O)N1C(SCc2ccc(OC)cc2)=NC(C)=C(C(=O)OC)C1c1cccc([N+](=O)[O-])c1. The van der Waals surface area contributed by atoms with Crippen molar-refractivity contribution in [2.24, 2.45) is 4.99 Å². The fourth-order valence-corrected chi connectivity index (χ4v) is 4.55. The van der Waals surface area contributed by atoms with Crippen molar-refractivity contribution in [1.82, 2.24) is 4.90 Å². The molecule has 0 saturated heterocycles. The molecular weight excluding hydrogens is 474 g/mol. The predicted molar refractivity (Wildman–Crippen MR) is 131 cm³/mol. The summed E-state index contributed by atoms with van der Waals surface area (Å²) in [6.45, 7) is 3.38. The monoisotopic (exact) mass is 499 g/mol. The molecule has 1 aliphatic rings. The van der Waals surface area contributed by atoms with Crippen LogP contribution in [0.4, 0.5) is 10.5 Å². The maximum Gasteiger partial charge on any atom is 0.416 e. The second-order valence-corrected chi connectivity index (χ2v) is 8.29. The molecule has 1 heterocycles. The quantitative estimate of drug-likeness (QED) is 0.301. The van der Waals surface area contributed by atoms with E-state index < -0.39 is 23.0 Å². The number of carbonyl (C=O) groups is 2. The summed E-state index contributed by atoms with van der Waals surface area (Å²) in [4.78, 5) is 42.6. The number of methoxy groups -OCH3 is 2. The Morgan fingerprint density at radius 3 is 2.49 bits per heavy atom. The Balaban J connectivity index is 2.09. The number of non-ortho nitro benzene ring substituents is 1. The number of amidine groups is 1. The number of nitro groups is 1. The molecule has 1 aliphatic heterocycles. The van der Waals surface area contributed by atoms with Crippen LogP contribution in [0.1, 0.15) is 31.0 Å². The lowest BCUT2D eigenvalue weighted by molar-refractivity contribution is -0.384. The minimum atomic E-state index is -1.03. The van der Waals surface area contributed by atoms with E-state index in [-0.39, 0.29) is 17.9 Å². The molecule has 1 unspecified atom stereocenters. The zero-order valence-electron chi connectivity index (χ0n) is 19.7. The molecule has 2 aromatic rings. The molecule has 0 bridgehead atoms. The molecule has 0 spiro atoms. The first kappa shape index (κ1) is 25.8. The molecule has 0 aromatic heterocycles. The fraction of sp³-hybridized carbons (Fsp3) is 0.292. The van der Waals surface area contributed by atoms with Gasteiger partial charge in [-0.15, -0.1) is 0 Å². The van der Waals surface area contributed by atoms with Crippen LogP contribution in [0.5, 0.6) is 5.75 Å². The van der Waals surface area contributed by atoms with E-state index in [1.165, 1.54) is 42.0 Å². The number of nitro benzene ring substituents is 1. The molecule has 0 fully saturated rings. The van der Waals surface area contributed by atoms with Crippen molar-refractivity contribution in [3.8, 4) is 5.75 Å². The predicted octanol–water partition coefficient (Wildman–Crippen LogP) is 4.85. The number of esters is 1. The maximum absolute atomic E-state index is 13.2. The molecule has 3 rings (SSSR count). The number of ether oxygens (including phenoxy) is 3. The summed E-state index contributed by atoms with van der Waals surface area (Å²) in [5.74, 6) is 0.478. The van der Waals surface area contributed by atoms with Gasteiger partial charge < -0.3 is 14.2 Å². The van der Waals surface area contributed by atoms with Crippen LogP contribution in [0.3, 0.4) is 0 Å². The van der Waals surface area contributed by atoms with Crippen molar-refractivity contribution in [3.05, 3.63) is 81.0 Å². The van der Waals surface area contributed by atoms with E-state index in [1.807, 2.05) is 24.3 Å². The van der Waals surface area contributed by atoms with Gasteiger partial charge in [0.05, 0.1) is 37.0 Å². The van der Waals surface area contributed by atoms with Crippen molar-refractivity contribution in [2.75, 3.05) is 20.8 Å². The standard InChI is InChI=1S/C24H25N3O7S/c1-5-34-24(29)26-21(17-7-6-8-18(13-17)27(30)31)20(22(28)33-4)15(2)25-23(26)35-14-16-9-11-19(32-3)12-10-16/h6-13,21H,5,14H2,1-4H3. The first-order valence-electron chi connectivity index (χ1n) is 10.6. The zero-order chi connectivity index (χ0) is 25.5. The van der Waals surface area contributed by atoms with E-state index in [0.717, 1.165) is 5.56 Å². The number of allylic oxidation sites excluding steroid dienone is 1. The summed E-state index contributed by atoms with van der Waals surface area (Å²) >= 11 is 1.27. The van der Waals surface area contributed by atoms with Gasteiger partial charge in [0.1, 0.15) is 11.8 Å². The highest BCUT2D eigenvalue weighted by molar-refractivity contribution is 8.13. The van der Waals surface area contributed by atoms with E-state index in [9.17, 15) is 19.7 Å². The highest BCUT2D eigenvalue weighted by Crippen LogP contribution is 2.40. The molecule has 10 nitrogen and oxygen atoms in total. The van der Waals surface area contributed by atoms with Gasteiger partial charge in [-0.05, 0) is 37.1 Å². The van der Waals surface area contributed by atoms with Gasteiger partial charge in [0.2, 0.25) is 0 Å². The Kier molecular flexibility index (Phi) is 8.48. The van der Waals surface area contributed by atoms with Gasteiger partial charge in [0, 0.05) is 17.9 Å². The summed E-state index contributed by atoms with van der Waals surface area (Å²) in [6, 6.07) is 12.2. The molecule has 35 heavy (non-hydrogen) atoms. The number of thioether (sulfide) groups is 1. The Hall–Kier alpha value is -3.86. The normalized spacial score (nSPS) is 15.4. The molecule has 184 valence electrons. The largest absolute Gasteiger partial charge is 0.497 e. The topological polar surface area (TPSA) is 121 Å². The lowest BCUT2D eigenvalue weighted by Crippen LogP contribution is -2.43. The third-order valence-electron chi connectivity index (χ3n) is 5.18. The molecule has 1 atom stereocenters. The van der Waals surface area contributed by atoms with Gasteiger partial charge in [0.25, 0.3) is 5.69 Å². The minimum absolute atomic E-state index is 0.0870. The molecule has 0 radical (unpaired) electrons. The van der Waals surface area contributed by atoms with Crippen molar-refractivity contribution in [3.63, 3.8) is 0 Å². The van der Waals surface area contributed by atoms with Crippen molar-refractivity contribution < 1.29 is 28.7 Å². The lowest BCUT2D eigenvalue weighted by atomic mass is 9.94. The average Bonchev–Trinajstić information content (AvgIpc) is 2.86. The van der Waals surface area contributed by atoms with Crippen molar-refractivity contribution in [1.29, 1.82) is 0 Å². The van der Waals surface area contributed by atoms with Gasteiger partial charge in [-0.2, -0.15) is 0 Å². The van der Waals surface area contributed by atoms with Crippen LogP contribution in [0.25, 0.3) is 0 Å². The number of nitrogens with zero attached hydrogens (tertiary/aromatic N) is 3. The van der Waals surface area contributed by atoms with Crippen LogP contribution in [0, 0.1) is 10.1 Å². The van der Waals surface area contributed by atoms with Crippen molar-refractivity contribution >= 4 is 34.7 Å². The summed E-state index contributed by atoms with van der Waals surface area (Å²) in [7, 11) is 2.80. The number of aliphatic imine (C=N–C) groups is 1. The molecule has 0 aliphatic carbocycles. The van der Waals surface area contributed by atoms with Crippen molar-refractivity contribution in [2.45, 2.75) is 25.6 Å². The highest BCUT2D eigenvalue weighted by atomic mass is 32.2. The van der Waals surface area contributed by atoms with E-state index in [4.69, 9.17) is 14.2 Å². The minimum Gasteiger partial charge on any atom is -0.497 e.